The molecule has 0 unspecified atom stereocenters. The standard InChI is InChI=1S/C18H32N2O3S/c21-18(19-13-12-17-9-3-1-4-10-17)11-5-8-16-24(22,23)20-14-6-2-7-15-20/h9H,1-8,10-16H2,(H,19,21). The number of rotatable bonds is 9. The van der Waals surface area contributed by atoms with Crippen LogP contribution in [-0.4, -0.2) is 44.0 Å². The number of carbonyl (C=O) groups is 1. The normalized spacial score (nSPS) is 19.8. The van der Waals surface area contributed by atoms with E-state index in [-0.39, 0.29) is 11.7 Å². The number of nitrogens with one attached hydrogen (secondary N) is 1. The maximum absolute atomic E-state index is 12.2. The molecule has 2 aliphatic rings. The number of carbonyl (C=O) groups excluding carboxylic acids is 1. The zero-order valence-electron chi connectivity index (χ0n) is 14.8. The van der Waals surface area contributed by atoms with Crippen LogP contribution < -0.4 is 5.32 Å². The van der Waals surface area contributed by atoms with Crippen LogP contribution >= 0.6 is 0 Å². The van der Waals surface area contributed by atoms with Crippen LogP contribution in [-0.2, 0) is 14.8 Å². The lowest BCUT2D eigenvalue weighted by molar-refractivity contribution is -0.121. The lowest BCUT2D eigenvalue weighted by Crippen LogP contribution is -2.37. The van der Waals surface area contributed by atoms with E-state index in [1.807, 2.05) is 0 Å². The summed E-state index contributed by atoms with van der Waals surface area (Å²) in [4.78, 5) is 11.8. The van der Waals surface area contributed by atoms with Gasteiger partial charge in [0.05, 0.1) is 5.75 Å². The van der Waals surface area contributed by atoms with Crippen molar-refractivity contribution in [2.45, 2.75) is 70.6 Å². The molecular weight excluding hydrogens is 324 g/mol. The summed E-state index contributed by atoms with van der Waals surface area (Å²) in [5.74, 6) is 0.217. The highest BCUT2D eigenvalue weighted by Gasteiger charge is 2.23. The fraction of sp³-hybridized carbons (Fsp3) is 0.833. The first kappa shape index (κ1) is 19.4. The molecule has 1 aliphatic carbocycles. The van der Waals surface area contributed by atoms with Gasteiger partial charge in [0, 0.05) is 26.1 Å². The Morgan fingerprint density at radius 3 is 2.58 bits per heavy atom. The number of hydrogen-bond acceptors (Lipinski definition) is 3. The first-order valence-corrected chi connectivity index (χ1v) is 11.1. The Hall–Kier alpha value is -0.880. The topological polar surface area (TPSA) is 66.5 Å². The van der Waals surface area contributed by atoms with Crippen molar-refractivity contribution in [2.24, 2.45) is 0 Å². The molecule has 0 bridgehead atoms. The summed E-state index contributed by atoms with van der Waals surface area (Å²) in [5, 5.41) is 2.95. The van der Waals surface area contributed by atoms with Gasteiger partial charge in [-0.05, 0) is 57.8 Å². The first-order chi connectivity index (χ1) is 11.6. The highest BCUT2D eigenvalue weighted by Crippen LogP contribution is 2.19. The van der Waals surface area contributed by atoms with E-state index in [0.29, 0.717) is 38.9 Å². The second-order valence-electron chi connectivity index (χ2n) is 6.94. The van der Waals surface area contributed by atoms with Crippen LogP contribution in [0, 0.1) is 0 Å². The fourth-order valence-corrected chi connectivity index (χ4v) is 5.07. The molecule has 0 saturated carbocycles. The minimum absolute atomic E-state index is 0.0433. The van der Waals surface area contributed by atoms with Crippen molar-refractivity contribution >= 4 is 15.9 Å². The van der Waals surface area contributed by atoms with Gasteiger partial charge in [0.2, 0.25) is 15.9 Å². The Kier molecular flexibility index (Phi) is 8.25. The van der Waals surface area contributed by atoms with Crippen LogP contribution in [0.25, 0.3) is 0 Å². The molecule has 5 nitrogen and oxygen atoms in total. The second-order valence-corrected chi connectivity index (χ2v) is 9.03. The van der Waals surface area contributed by atoms with Crippen molar-refractivity contribution in [1.29, 1.82) is 0 Å². The molecule has 1 aliphatic heterocycles. The zero-order valence-corrected chi connectivity index (χ0v) is 15.6. The van der Waals surface area contributed by atoms with Crippen molar-refractivity contribution < 1.29 is 13.2 Å². The summed E-state index contributed by atoms with van der Waals surface area (Å²) in [6.07, 6.45) is 12.9. The van der Waals surface area contributed by atoms with E-state index in [1.54, 1.807) is 4.31 Å². The zero-order chi connectivity index (χ0) is 17.3. The number of piperidine rings is 1. The van der Waals surface area contributed by atoms with Crippen LogP contribution in [0.2, 0.25) is 0 Å². The molecule has 0 atom stereocenters. The lowest BCUT2D eigenvalue weighted by atomic mass is 9.97. The predicted octanol–water partition coefficient (Wildman–Crippen LogP) is 2.98. The van der Waals surface area contributed by atoms with E-state index in [4.69, 9.17) is 0 Å². The van der Waals surface area contributed by atoms with Gasteiger partial charge in [-0.2, -0.15) is 0 Å². The van der Waals surface area contributed by atoms with E-state index >= 15 is 0 Å². The average molecular weight is 357 g/mol. The van der Waals surface area contributed by atoms with E-state index in [2.05, 4.69) is 11.4 Å². The Bertz CT molecular complexity index is 522. The van der Waals surface area contributed by atoms with E-state index in [1.165, 1.54) is 31.3 Å². The van der Waals surface area contributed by atoms with Gasteiger partial charge in [-0.1, -0.05) is 18.1 Å². The molecule has 1 saturated heterocycles. The molecule has 0 spiro atoms. The van der Waals surface area contributed by atoms with Gasteiger partial charge in [-0.15, -0.1) is 0 Å². The lowest BCUT2D eigenvalue weighted by Gasteiger charge is -2.25. The van der Waals surface area contributed by atoms with Crippen LogP contribution in [0.4, 0.5) is 0 Å². The first-order valence-electron chi connectivity index (χ1n) is 9.50. The quantitative estimate of drug-likeness (QED) is 0.510. The molecule has 0 radical (unpaired) electrons. The van der Waals surface area contributed by atoms with Crippen molar-refractivity contribution in [3.05, 3.63) is 11.6 Å². The summed E-state index contributed by atoms with van der Waals surface area (Å²) in [6, 6.07) is 0. The summed E-state index contributed by atoms with van der Waals surface area (Å²) in [7, 11) is -3.12. The summed E-state index contributed by atoms with van der Waals surface area (Å²) >= 11 is 0. The molecule has 138 valence electrons. The monoisotopic (exact) mass is 356 g/mol. The molecule has 0 aromatic heterocycles. The molecule has 1 fully saturated rings. The van der Waals surface area contributed by atoms with Crippen molar-refractivity contribution in [3.63, 3.8) is 0 Å². The van der Waals surface area contributed by atoms with Crippen molar-refractivity contribution in [1.82, 2.24) is 9.62 Å². The number of sulfonamides is 1. The molecule has 2 rings (SSSR count). The van der Waals surface area contributed by atoms with Gasteiger partial charge in [0.25, 0.3) is 0 Å². The largest absolute Gasteiger partial charge is 0.356 e. The van der Waals surface area contributed by atoms with Crippen LogP contribution in [0.1, 0.15) is 70.6 Å². The van der Waals surface area contributed by atoms with E-state index < -0.39 is 10.0 Å². The molecule has 24 heavy (non-hydrogen) atoms. The number of amides is 1. The molecule has 0 aromatic carbocycles. The maximum atomic E-state index is 12.2. The number of allylic oxidation sites excluding steroid dienone is 1. The van der Waals surface area contributed by atoms with Gasteiger partial charge < -0.3 is 5.32 Å². The van der Waals surface area contributed by atoms with Crippen molar-refractivity contribution in [2.75, 3.05) is 25.4 Å². The number of hydrogen-bond donors (Lipinski definition) is 1. The van der Waals surface area contributed by atoms with Gasteiger partial charge in [-0.3, -0.25) is 4.79 Å². The Labute approximate surface area is 146 Å². The minimum Gasteiger partial charge on any atom is -0.356 e. The van der Waals surface area contributed by atoms with E-state index in [9.17, 15) is 13.2 Å². The third kappa shape index (κ3) is 6.93. The minimum atomic E-state index is -3.12. The fourth-order valence-electron chi connectivity index (χ4n) is 3.42. The molecule has 1 heterocycles. The number of unbranched alkanes of at least 4 members (excludes halogenated alkanes) is 1. The van der Waals surface area contributed by atoms with Crippen LogP contribution in [0.15, 0.2) is 11.6 Å². The molecule has 0 aromatic rings. The Morgan fingerprint density at radius 2 is 1.88 bits per heavy atom. The third-order valence-corrected chi connectivity index (χ3v) is 6.87. The van der Waals surface area contributed by atoms with Crippen LogP contribution in [0.3, 0.4) is 0 Å². The SMILES string of the molecule is O=C(CCCCS(=O)(=O)N1CCCCC1)NCCC1=CCCCC1. The Morgan fingerprint density at radius 1 is 1.08 bits per heavy atom. The highest BCUT2D eigenvalue weighted by atomic mass is 32.2. The van der Waals surface area contributed by atoms with Crippen molar-refractivity contribution in [3.8, 4) is 0 Å². The Balaban J connectivity index is 1.54. The molecular formula is C18H32N2O3S. The summed E-state index contributed by atoms with van der Waals surface area (Å²) in [6.45, 7) is 2.04. The van der Waals surface area contributed by atoms with Gasteiger partial charge in [-0.25, -0.2) is 12.7 Å². The van der Waals surface area contributed by atoms with Gasteiger partial charge >= 0.3 is 0 Å². The maximum Gasteiger partial charge on any atom is 0.220 e. The third-order valence-electron chi connectivity index (χ3n) is 4.92. The highest BCUT2D eigenvalue weighted by molar-refractivity contribution is 7.89. The average Bonchev–Trinajstić information content (AvgIpc) is 2.60. The predicted molar refractivity (Wildman–Crippen MR) is 97.2 cm³/mol. The van der Waals surface area contributed by atoms with Crippen LogP contribution in [0.5, 0.6) is 0 Å². The summed E-state index contributed by atoms with van der Waals surface area (Å²) in [5.41, 5.74) is 1.47. The van der Waals surface area contributed by atoms with Gasteiger partial charge in [0.15, 0.2) is 0 Å². The van der Waals surface area contributed by atoms with Gasteiger partial charge in [0.1, 0.15) is 0 Å². The smallest absolute Gasteiger partial charge is 0.220 e. The summed E-state index contributed by atoms with van der Waals surface area (Å²) < 4.78 is 26.0. The number of nitrogens with zero attached hydrogens (tertiary/aromatic N) is 1. The molecule has 1 N–H and O–H groups in total. The van der Waals surface area contributed by atoms with E-state index in [0.717, 1.165) is 25.7 Å². The molecule has 1 amide bonds. The molecule has 6 heteroatoms. The second kappa shape index (κ2) is 10.2.